The van der Waals surface area contributed by atoms with Crippen LogP contribution < -0.4 is 4.90 Å². The third-order valence-corrected chi connectivity index (χ3v) is 7.34. The van der Waals surface area contributed by atoms with Gasteiger partial charge in [-0.2, -0.15) is 4.31 Å². The van der Waals surface area contributed by atoms with Crippen molar-refractivity contribution >= 4 is 38.8 Å². The molecule has 0 atom stereocenters. The van der Waals surface area contributed by atoms with Crippen molar-refractivity contribution in [2.24, 2.45) is 0 Å². The molecule has 2 fully saturated rings. The standard InChI is InChI=1S/C22H26FN5O4S/c1-33(31,32)28-12-10-27(11-13-28)22(30)19-16-24-20-4-3-17(23)15-18(20)21(19)26-8-6-25(7-9-26)5-2-14-29/h2-5,14-16H,6-13H2,1H3. The molecule has 2 aliphatic rings. The SMILES string of the molecule is CS(=O)(=O)N1CCN(C(=O)c2cnc3ccc(F)cc3c2N2CCN(C=CC=O)CC2)CC1. The van der Waals surface area contributed by atoms with Crippen molar-refractivity contribution in [3.05, 3.63) is 48.1 Å². The number of hydrogen-bond acceptors (Lipinski definition) is 7. The quantitative estimate of drug-likeness (QED) is 0.469. The number of carbonyl (C=O) groups is 2. The fraction of sp³-hybridized carbons (Fsp3) is 0.409. The van der Waals surface area contributed by atoms with Gasteiger partial charge in [0.1, 0.15) is 12.1 Å². The fourth-order valence-electron chi connectivity index (χ4n) is 4.29. The number of allylic oxidation sites excluding steroid dienone is 1. The number of carbonyl (C=O) groups excluding carboxylic acids is 2. The molecule has 11 heteroatoms. The van der Waals surface area contributed by atoms with Crippen LogP contribution in [0.25, 0.3) is 10.9 Å². The topological polar surface area (TPSA) is 94.1 Å². The lowest BCUT2D eigenvalue weighted by atomic mass is 10.1. The van der Waals surface area contributed by atoms with Crippen LogP contribution in [0.1, 0.15) is 10.4 Å². The van der Waals surface area contributed by atoms with Crippen molar-refractivity contribution in [1.82, 2.24) is 19.1 Å². The third-order valence-electron chi connectivity index (χ3n) is 6.03. The highest BCUT2D eigenvalue weighted by Crippen LogP contribution is 2.32. The van der Waals surface area contributed by atoms with Gasteiger partial charge in [-0.15, -0.1) is 0 Å². The summed E-state index contributed by atoms with van der Waals surface area (Å²) in [5, 5.41) is 0.563. The van der Waals surface area contributed by atoms with Crippen molar-refractivity contribution in [3.8, 4) is 0 Å². The van der Waals surface area contributed by atoms with E-state index < -0.39 is 15.8 Å². The molecule has 2 aromatic rings. The molecule has 2 aliphatic heterocycles. The Morgan fingerprint density at radius 1 is 1.06 bits per heavy atom. The van der Waals surface area contributed by atoms with Gasteiger partial charge < -0.3 is 14.7 Å². The van der Waals surface area contributed by atoms with Crippen LogP contribution in [0.5, 0.6) is 0 Å². The Bertz CT molecular complexity index is 1190. The molecule has 33 heavy (non-hydrogen) atoms. The Kier molecular flexibility index (Phi) is 6.61. The molecule has 0 N–H and O–H groups in total. The zero-order valence-corrected chi connectivity index (χ0v) is 19.2. The summed E-state index contributed by atoms with van der Waals surface area (Å²) in [6.07, 6.45) is 6.60. The molecule has 0 unspecified atom stereocenters. The number of anilines is 1. The molecule has 4 rings (SSSR count). The number of rotatable bonds is 5. The Hall–Kier alpha value is -3.05. The van der Waals surface area contributed by atoms with Crippen molar-refractivity contribution < 1.29 is 22.4 Å². The molecule has 1 aromatic heterocycles. The Morgan fingerprint density at radius 2 is 1.76 bits per heavy atom. The van der Waals surface area contributed by atoms with E-state index in [-0.39, 0.29) is 32.1 Å². The number of nitrogens with zero attached hydrogens (tertiary/aromatic N) is 5. The van der Waals surface area contributed by atoms with Crippen molar-refractivity contribution in [2.45, 2.75) is 0 Å². The Labute approximate surface area is 192 Å². The second-order valence-corrected chi connectivity index (χ2v) is 10.1. The van der Waals surface area contributed by atoms with E-state index in [1.165, 1.54) is 28.7 Å². The van der Waals surface area contributed by atoms with E-state index in [0.717, 1.165) is 12.5 Å². The number of aromatic nitrogens is 1. The van der Waals surface area contributed by atoms with Gasteiger partial charge in [0.05, 0.1) is 23.0 Å². The van der Waals surface area contributed by atoms with E-state index in [2.05, 4.69) is 9.88 Å². The summed E-state index contributed by atoms with van der Waals surface area (Å²) < 4.78 is 39.1. The molecule has 0 spiro atoms. The molecule has 3 heterocycles. The zero-order chi connectivity index (χ0) is 23.6. The lowest BCUT2D eigenvalue weighted by Crippen LogP contribution is -2.50. The molecule has 1 amide bonds. The smallest absolute Gasteiger partial charge is 0.257 e. The first-order valence-electron chi connectivity index (χ1n) is 10.7. The van der Waals surface area contributed by atoms with Gasteiger partial charge in [0.2, 0.25) is 10.0 Å². The van der Waals surface area contributed by atoms with Crippen molar-refractivity contribution in [2.75, 3.05) is 63.5 Å². The molecule has 176 valence electrons. The van der Waals surface area contributed by atoms with Gasteiger partial charge in [0.15, 0.2) is 0 Å². The maximum Gasteiger partial charge on any atom is 0.257 e. The third kappa shape index (κ3) is 4.98. The number of pyridine rings is 1. The predicted octanol–water partition coefficient (Wildman–Crippen LogP) is 0.926. The van der Waals surface area contributed by atoms with Crippen LogP contribution in [-0.4, -0.2) is 98.3 Å². The molecule has 0 radical (unpaired) electrons. The first-order valence-corrected chi connectivity index (χ1v) is 12.6. The van der Waals surface area contributed by atoms with Crippen LogP contribution in [0, 0.1) is 5.82 Å². The van der Waals surface area contributed by atoms with Gasteiger partial charge in [0, 0.05) is 70.1 Å². The first-order chi connectivity index (χ1) is 15.8. The van der Waals surface area contributed by atoms with E-state index in [9.17, 15) is 22.4 Å². The minimum Gasteiger partial charge on any atom is -0.374 e. The maximum absolute atomic E-state index is 14.2. The number of aldehydes is 1. The second kappa shape index (κ2) is 9.44. The van der Waals surface area contributed by atoms with E-state index in [1.807, 2.05) is 4.90 Å². The first kappa shape index (κ1) is 23.1. The molecule has 1 aromatic carbocycles. The summed E-state index contributed by atoms with van der Waals surface area (Å²) in [5.74, 6) is -0.662. The van der Waals surface area contributed by atoms with E-state index in [1.54, 1.807) is 17.2 Å². The summed E-state index contributed by atoms with van der Waals surface area (Å²) in [5.41, 5.74) is 1.60. The van der Waals surface area contributed by atoms with Gasteiger partial charge in [-0.25, -0.2) is 12.8 Å². The van der Waals surface area contributed by atoms with Gasteiger partial charge in [-0.05, 0) is 24.3 Å². The molecule has 0 aliphatic carbocycles. The average molecular weight is 476 g/mol. The minimum atomic E-state index is -3.31. The van der Waals surface area contributed by atoms with E-state index in [4.69, 9.17) is 0 Å². The number of halogens is 1. The van der Waals surface area contributed by atoms with E-state index >= 15 is 0 Å². The molecule has 9 nitrogen and oxygen atoms in total. The average Bonchev–Trinajstić information content (AvgIpc) is 2.81. The lowest BCUT2D eigenvalue weighted by molar-refractivity contribution is -0.104. The number of fused-ring (bicyclic) bond motifs is 1. The van der Waals surface area contributed by atoms with Crippen LogP contribution in [0.4, 0.5) is 10.1 Å². The summed E-state index contributed by atoms with van der Waals surface area (Å²) >= 11 is 0. The fourth-order valence-corrected chi connectivity index (χ4v) is 5.12. The summed E-state index contributed by atoms with van der Waals surface area (Å²) in [4.78, 5) is 34.2. The number of piperazine rings is 2. The summed E-state index contributed by atoms with van der Waals surface area (Å²) in [6.45, 7) is 3.47. The molecule has 0 saturated carbocycles. The van der Waals surface area contributed by atoms with Crippen LogP contribution in [0.3, 0.4) is 0 Å². The Balaban J connectivity index is 1.65. The number of sulfonamides is 1. The maximum atomic E-state index is 14.2. The number of amides is 1. The Morgan fingerprint density at radius 3 is 2.39 bits per heavy atom. The zero-order valence-electron chi connectivity index (χ0n) is 18.4. The van der Waals surface area contributed by atoms with Gasteiger partial charge in [0.25, 0.3) is 5.91 Å². The number of hydrogen-bond donors (Lipinski definition) is 0. The van der Waals surface area contributed by atoms with Gasteiger partial charge in [-0.1, -0.05) is 0 Å². The molecular formula is C22H26FN5O4S. The summed E-state index contributed by atoms with van der Waals surface area (Å²) in [7, 11) is -3.31. The normalized spacial score (nSPS) is 18.3. The molecule has 0 bridgehead atoms. The highest BCUT2D eigenvalue weighted by Gasteiger charge is 2.30. The summed E-state index contributed by atoms with van der Waals surface area (Å²) in [6, 6.07) is 4.33. The second-order valence-electron chi connectivity index (χ2n) is 8.14. The van der Waals surface area contributed by atoms with E-state index in [0.29, 0.717) is 48.3 Å². The molecule has 2 saturated heterocycles. The minimum absolute atomic E-state index is 0.233. The number of benzene rings is 1. The van der Waals surface area contributed by atoms with Crippen LogP contribution in [0.2, 0.25) is 0 Å². The predicted molar refractivity (Wildman–Crippen MR) is 123 cm³/mol. The molecular weight excluding hydrogens is 449 g/mol. The van der Waals surface area contributed by atoms with Crippen molar-refractivity contribution in [1.29, 1.82) is 0 Å². The lowest BCUT2D eigenvalue weighted by Gasteiger charge is -2.38. The highest BCUT2D eigenvalue weighted by atomic mass is 32.2. The monoisotopic (exact) mass is 475 g/mol. The van der Waals surface area contributed by atoms with Crippen LogP contribution in [0.15, 0.2) is 36.7 Å². The van der Waals surface area contributed by atoms with Gasteiger partial charge in [-0.3, -0.25) is 14.6 Å². The van der Waals surface area contributed by atoms with Crippen molar-refractivity contribution in [3.63, 3.8) is 0 Å². The van der Waals surface area contributed by atoms with Crippen LogP contribution >= 0.6 is 0 Å². The van der Waals surface area contributed by atoms with Gasteiger partial charge >= 0.3 is 0 Å². The highest BCUT2D eigenvalue weighted by molar-refractivity contribution is 7.88. The largest absolute Gasteiger partial charge is 0.374 e. The van der Waals surface area contributed by atoms with Crippen LogP contribution in [-0.2, 0) is 14.8 Å².